The van der Waals surface area contributed by atoms with Gasteiger partial charge < -0.3 is 11.5 Å². The lowest BCUT2D eigenvalue weighted by Gasteiger charge is -2.04. The number of benzene rings is 1. The summed E-state index contributed by atoms with van der Waals surface area (Å²) in [5, 5.41) is 0. The molecule has 0 aliphatic rings. The van der Waals surface area contributed by atoms with Gasteiger partial charge in [0.2, 0.25) is 0 Å². The van der Waals surface area contributed by atoms with Crippen molar-refractivity contribution < 1.29 is 0 Å². The Balaban J connectivity index is -0.000000322. The molecule has 0 fully saturated rings. The van der Waals surface area contributed by atoms with Gasteiger partial charge in [0.25, 0.3) is 0 Å². The van der Waals surface area contributed by atoms with Crippen LogP contribution in [0.1, 0.15) is 66.5 Å². The van der Waals surface area contributed by atoms with Crippen molar-refractivity contribution in [3.05, 3.63) is 35.4 Å². The molecule has 0 unspecified atom stereocenters. The van der Waals surface area contributed by atoms with Gasteiger partial charge in [-0.1, -0.05) is 72.4 Å². The highest BCUT2D eigenvalue weighted by Gasteiger charge is 1.95. The summed E-state index contributed by atoms with van der Waals surface area (Å²) in [6.07, 6.45) is 3.46. The summed E-state index contributed by atoms with van der Waals surface area (Å²) in [5.41, 5.74) is 13.1. The molecular formula is C20H41N3. The highest BCUT2D eigenvalue weighted by atomic mass is 15.0. The topological polar surface area (TPSA) is 64.4 Å². The standard InChI is InChI=1S/C11H16.C7H17N3.2CH4/c1-9(2)8-11-6-4-10(3)5-7-11;1-6(2)4-3-5-10-7(8)9;;/h4-7,9H,8H2,1-3H3;6H,3-5H2,1-2H3,(H4,8,9,10);2*1H4. The molecule has 136 valence electrons. The molecule has 1 aromatic rings. The third-order valence-electron chi connectivity index (χ3n) is 3.00. The first kappa shape index (κ1) is 26.4. The van der Waals surface area contributed by atoms with Crippen molar-refractivity contribution in [2.45, 2.75) is 68.7 Å². The molecule has 1 rings (SSSR count). The fourth-order valence-electron chi connectivity index (χ4n) is 1.90. The van der Waals surface area contributed by atoms with Gasteiger partial charge in [-0.25, -0.2) is 0 Å². The SMILES string of the molecule is C.C.CC(C)CCCN=C(N)N.Cc1ccc(CC(C)C)cc1. The lowest BCUT2D eigenvalue weighted by molar-refractivity contribution is 0.561. The molecule has 0 radical (unpaired) electrons. The largest absolute Gasteiger partial charge is 0.370 e. The quantitative estimate of drug-likeness (QED) is 0.431. The maximum absolute atomic E-state index is 5.14. The van der Waals surface area contributed by atoms with Crippen LogP contribution in [-0.2, 0) is 6.42 Å². The van der Waals surface area contributed by atoms with Crippen LogP contribution in [0.5, 0.6) is 0 Å². The van der Waals surface area contributed by atoms with Crippen LogP contribution < -0.4 is 11.5 Å². The van der Waals surface area contributed by atoms with Gasteiger partial charge >= 0.3 is 0 Å². The molecule has 0 saturated carbocycles. The minimum Gasteiger partial charge on any atom is -0.370 e. The van der Waals surface area contributed by atoms with Gasteiger partial charge in [-0.2, -0.15) is 0 Å². The Morgan fingerprint density at radius 1 is 0.957 bits per heavy atom. The van der Waals surface area contributed by atoms with Crippen molar-refractivity contribution in [2.75, 3.05) is 6.54 Å². The second-order valence-corrected chi connectivity index (χ2v) is 6.43. The maximum atomic E-state index is 5.14. The van der Waals surface area contributed by atoms with Crippen molar-refractivity contribution in [2.24, 2.45) is 28.3 Å². The summed E-state index contributed by atoms with van der Waals surface area (Å²) in [6.45, 7) is 11.8. The van der Waals surface area contributed by atoms with Crippen molar-refractivity contribution in [3.63, 3.8) is 0 Å². The number of guanidine groups is 1. The molecule has 0 atom stereocenters. The number of hydrogen-bond donors (Lipinski definition) is 2. The fraction of sp³-hybridized carbons (Fsp3) is 0.650. The van der Waals surface area contributed by atoms with Gasteiger partial charge in [0.15, 0.2) is 5.96 Å². The molecular weight excluding hydrogens is 282 g/mol. The Labute approximate surface area is 145 Å². The average molecular weight is 324 g/mol. The molecule has 0 aromatic heterocycles. The number of rotatable bonds is 6. The predicted octanol–water partition coefficient (Wildman–Crippen LogP) is 5.16. The van der Waals surface area contributed by atoms with Gasteiger partial charge in [0, 0.05) is 6.54 Å². The number of nitrogens with two attached hydrogens (primary N) is 2. The van der Waals surface area contributed by atoms with E-state index in [-0.39, 0.29) is 20.8 Å². The minimum atomic E-state index is 0. The van der Waals surface area contributed by atoms with Crippen LogP contribution in [0.2, 0.25) is 0 Å². The van der Waals surface area contributed by atoms with E-state index in [4.69, 9.17) is 11.5 Å². The van der Waals surface area contributed by atoms with Crippen LogP contribution in [0.15, 0.2) is 29.3 Å². The zero-order chi connectivity index (χ0) is 16.3. The molecule has 0 bridgehead atoms. The van der Waals surface area contributed by atoms with Crippen LogP contribution in [0.3, 0.4) is 0 Å². The molecule has 0 spiro atoms. The molecule has 3 nitrogen and oxygen atoms in total. The van der Waals surface area contributed by atoms with Gasteiger partial charge in [-0.15, -0.1) is 0 Å². The van der Waals surface area contributed by atoms with E-state index in [9.17, 15) is 0 Å². The van der Waals surface area contributed by atoms with E-state index in [2.05, 4.69) is 63.9 Å². The summed E-state index contributed by atoms with van der Waals surface area (Å²) < 4.78 is 0. The highest BCUT2D eigenvalue weighted by molar-refractivity contribution is 5.75. The zero-order valence-corrected chi connectivity index (χ0v) is 14.4. The first-order valence-electron chi connectivity index (χ1n) is 7.92. The van der Waals surface area contributed by atoms with Crippen LogP contribution >= 0.6 is 0 Å². The number of nitrogens with zero attached hydrogens (tertiary/aromatic N) is 1. The van der Waals surface area contributed by atoms with Gasteiger partial charge in [-0.3, -0.25) is 4.99 Å². The summed E-state index contributed by atoms with van der Waals surface area (Å²) in [7, 11) is 0. The monoisotopic (exact) mass is 323 g/mol. The summed E-state index contributed by atoms with van der Waals surface area (Å²) >= 11 is 0. The van der Waals surface area contributed by atoms with E-state index in [1.165, 1.54) is 24.0 Å². The van der Waals surface area contributed by atoms with E-state index < -0.39 is 0 Å². The van der Waals surface area contributed by atoms with Crippen molar-refractivity contribution in [1.29, 1.82) is 0 Å². The lowest BCUT2D eigenvalue weighted by Crippen LogP contribution is -2.22. The molecule has 23 heavy (non-hydrogen) atoms. The summed E-state index contributed by atoms with van der Waals surface area (Å²) in [5.74, 6) is 1.70. The van der Waals surface area contributed by atoms with E-state index in [0.29, 0.717) is 0 Å². The zero-order valence-electron chi connectivity index (χ0n) is 14.4. The van der Waals surface area contributed by atoms with Crippen molar-refractivity contribution >= 4 is 5.96 Å². The summed E-state index contributed by atoms with van der Waals surface area (Å²) in [6, 6.07) is 8.79. The Kier molecular flexibility index (Phi) is 17.7. The third kappa shape index (κ3) is 18.4. The first-order valence-corrected chi connectivity index (χ1v) is 7.92. The Bertz CT molecular complexity index is 388. The van der Waals surface area contributed by atoms with Crippen LogP contribution in [0.25, 0.3) is 0 Å². The van der Waals surface area contributed by atoms with E-state index >= 15 is 0 Å². The molecule has 3 heteroatoms. The lowest BCUT2D eigenvalue weighted by atomic mass is 10.0. The van der Waals surface area contributed by atoms with Crippen LogP contribution in [0.4, 0.5) is 0 Å². The third-order valence-corrected chi connectivity index (χ3v) is 3.00. The molecule has 4 N–H and O–H groups in total. The molecule has 0 heterocycles. The van der Waals surface area contributed by atoms with Crippen molar-refractivity contribution in [3.8, 4) is 0 Å². The fourth-order valence-corrected chi connectivity index (χ4v) is 1.90. The van der Waals surface area contributed by atoms with Gasteiger partial charge in [-0.05, 0) is 43.6 Å². The Morgan fingerprint density at radius 3 is 1.87 bits per heavy atom. The van der Waals surface area contributed by atoms with E-state index in [1.807, 2.05) is 0 Å². The number of aryl methyl sites for hydroxylation is 1. The Hall–Kier alpha value is -1.51. The molecule has 1 aromatic carbocycles. The van der Waals surface area contributed by atoms with E-state index in [0.717, 1.165) is 24.8 Å². The normalized spacial score (nSPS) is 9.35. The first-order chi connectivity index (χ1) is 9.81. The van der Waals surface area contributed by atoms with Gasteiger partial charge in [0.1, 0.15) is 0 Å². The second kappa shape index (κ2) is 15.4. The average Bonchev–Trinajstić information content (AvgIpc) is 2.37. The Morgan fingerprint density at radius 2 is 1.48 bits per heavy atom. The predicted molar refractivity (Wildman–Crippen MR) is 108 cm³/mol. The molecule has 0 aliphatic heterocycles. The van der Waals surface area contributed by atoms with Gasteiger partial charge in [0.05, 0.1) is 0 Å². The smallest absolute Gasteiger partial charge is 0.185 e. The maximum Gasteiger partial charge on any atom is 0.185 e. The molecule has 0 saturated heterocycles. The summed E-state index contributed by atoms with van der Waals surface area (Å²) in [4.78, 5) is 3.87. The number of aliphatic imine (C=N–C) groups is 1. The highest BCUT2D eigenvalue weighted by Crippen LogP contribution is 2.08. The second-order valence-electron chi connectivity index (χ2n) is 6.43. The molecule has 0 aliphatic carbocycles. The van der Waals surface area contributed by atoms with E-state index in [1.54, 1.807) is 0 Å². The van der Waals surface area contributed by atoms with Crippen LogP contribution in [0, 0.1) is 18.8 Å². The number of hydrogen-bond acceptors (Lipinski definition) is 1. The minimum absolute atomic E-state index is 0. The van der Waals surface area contributed by atoms with Crippen LogP contribution in [-0.4, -0.2) is 12.5 Å². The van der Waals surface area contributed by atoms with Crippen molar-refractivity contribution in [1.82, 2.24) is 0 Å². The molecule has 0 amide bonds.